The second kappa shape index (κ2) is 6.81. The van der Waals surface area contributed by atoms with E-state index in [1.165, 1.54) is 18.6 Å². The SMILES string of the molecule is CC1CCCN(CC(O)c2cccc([N+](=O)[O-])c2)CC1. The van der Waals surface area contributed by atoms with E-state index in [4.69, 9.17) is 0 Å². The van der Waals surface area contributed by atoms with Crippen molar-refractivity contribution < 1.29 is 10.0 Å². The summed E-state index contributed by atoms with van der Waals surface area (Å²) in [5.74, 6) is 0.745. The molecule has 1 N–H and O–H groups in total. The van der Waals surface area contributed by atoms with Gasteiger partial charge in [-0.3, -0.25) is 10.1 Å². The molecule has 2 unspecified atom stereocenters. The maximum Gasteiger partial charge on any atom is 0.269 e. The van der Waals surface area contributed by atoms with Gasteiger partial charge in [0, 0.05) is 18.7 Å². The number of nitro benzene ring substituents is 1. The molecule has 1 aliphatic heterocycles. The predicted octanol–water partition coefficient (Wildman–Crippen LogP) is 2.75. The second-order valence-electron chi connectivity index (χ2n) is 5.70. The number of aliphatic hydroxyl groups is 1. The Morgan fingerprint density at radius 3 is 3.00 bits per heavy atom. The Kier molecular flexibility index (Phi) is 5.09. The zero-order valence-corrected chi connectivity index (χ0v) is 11.9. The van der Waals surface area contributed by atoms with Crippen molar-refractivity contribution in [3.8, 4) is 0 Å². The van der Waals surface area contributed by atoms with Crippen LogP contribution in [0.4, 0.5) is 5.69 Å². The molecule has 1 aliphatic rings. The van der Waals surface area contributed by atoms with Gasteiger partial charge in [-0.05, 0) is 43.8 Å². The van der Waals surface area contributed by atoms with Gasteiger partial charge in [0.2, 0.25) is 0 Å². The summed E-state index contributed by atoms with van der Waals surface area (Å²) in [6.45, 7) is 4.80. The average Bonchev–Trinajstić information content (AvgIpc) is 2.64. The fourth-order valence-corrected chi connectivity index (χ4v) is 2.70. The molecule has 5 heteroatoms. The smallest absolute Gasteiger partial charge is 0.269 e. The molecular weight excluding hydrogens is 256 g/mol. The number of hydrogen-bond donors (Lipinski definition) is 1. The van der Waals surface area contributed by atoms with Crippen molar-refractivity contribution in [2.75, 3.05) is 19.6 Å². The fraction of sp³-hybridized carbons (Fsp3) is 0.600. The molecule has 0 saturated carbocycles. The third-order valence-corrected chi connectivity index (χ3v) is 4.01. The van der Waals surface area contributed by atoms with Crippen molar-refractivity contribution in [1.29, 1.82) is 0 Å². The molecular formula is C15H22N2O3. The monoisotopic (exact) mass is 278 g/mol. The van der Waals surface area contributed by atoms with Crippen LogP contribution in [0, 0.1) is 16.0 Å². The molecule has 0 aliphatic carbocycles. The van der Waals surface area contributed by atoms with E-state index >= 15 is 0 Å². The van der Waals surface area contributed by atoms with E-state index in [2.05, 4.69) is 11.8 Å². The van der Waals surface area contributed by atoms with Crippen LogP contribution in [0.5, 0.6) is 0 Å². The van der Waals surface area contributed by atoms with Gasteiger partial charge in [0.25, 0.3) is 5.69 Å². The molecule has 1 heterocycles. The molecule has 20 heavy (non-hydrogen) atoms. The largest absolute Gasteiger partial charge is 0.387 e. The lowest BCUT2D eigenvalue weighted by molar-refractivity contribution is -0.385. The first-order chi connectivity index (χ1) is 9.56. The quantitative estimate of drug-likeness (QED) is 0.679. The van der Waals surface area contributed by atoms with Crippen molar-refractivity contribution in [3.63, 3.8) is 0 Å². The topological polar surface area (TPSA) is 66.6 Å². The summed E-state index contributed by atoms with van der Waals surface area (Å²) in [6.07, 6.45) is 2.89. The Morgan fingerprint density at radius 1 is 1.45 bits per heavy atom. The minimum absolute atomic E-state index is 0.0334. The maximum atomic E-state index is 10.8. The van der Waals surface area contributed by atoms with Gasteiger partial charge >= 0.3 is 0 Å². The number of hydrogen-bond acceptors (Lipinski definition) is 4. The van der Waals surface area contributed by atoms with Crippen LogP contribution in [0.3, 0.4) is 0 Å². The first-order valence-electron chi connectivity index (χ1n) is 7.21. The number of rotatable bonds is 4. The van der Waals surface area contributed by atoms with Gasteiger partial charge in [-0.1, -0.05) is 19.1 Å². The number of nitro groups is 1. The van der Waals surface area contributed by atoms with Crippen molar-refractivity contribution in [1.82, 2.24) is 4.90 Å². The van der Waals surface area contributed by atoms with Crippen LogP contribution in [-0.4, -0.2) is 34.6 Å². The van der Waals surface area contributed by atoms with Crippen molar-refractivity contribution in [2.45, 2.75) is 32.3 Å². The lowest BCUT2D eigenvalue weighted by Gasteiger charge is -2.23. The molecule has 0 amide bonds. The van der Waals surface area contributed by atoms with E-state index in [1.54, 1.807) is 12.1 Å². The molecule has 2 atom stereocenters. The fourth-order valence-electron chi connectivity index (χ4n) is 2.70. The Labute approximate surface area is 119 Å². The van der Waals surface area contributed by atoms with Crippen molar-refractivity contribution in [2.24, 2.45) is 5.92 Å². The Bertz CT molecular complexity index is 464. The van der Waals surface area contributed by atoms with E-state index in [0.29, 0.717) is 12.1 Å². The summed E-state index contributed by atoms with van der Waals surface area (Å²) in [7, 11) is 0. The van der Waals surface area contributed by atoms with Gasteiger partial charge in [-0.2, -0.15) is 0 Å². The lowest BCUT2D eigenvalue weighted by Crippen LogP contribution is -2.29. The predicted molar refractivity (Wildman–Crippen MR) is 77.5 cm³/mol. The summed E-state index contributed by atoms with van der Waals surface area (Å²) in [5, 5.41) is 21.0. The number of likely N-dealkylation sites (tertiary alicyclic amines) is 1. The molecule has 110 valence electrons. The van der Waals surface area contributed by atoms with Crippen LogP contribution in [0.15, 0.2) is 24.3 Å². The first-order valence-corrected chi connectivity index (χ1v) is 7.21. The van der Waals surface area contributed by atoms with Gasteiger partial charge in [0.1, 0.15) is 0 Å². The van der Waals surface area contributed by atoms with Crippen molar-refractivity contribution >= 4 is 5.69 Å². The highest BCUT2D eigenvalue weighted by molar-refractivity contribution is 5.35. The number of aliphatic hydroxyl groups excluding tert-OH is 1. The summed E-state index contributed by atoms with van der Waals surface area (Å²) >= 11 is 0. The molecule has 0 spiro atoms. The maximum absolute atomic E-state index is 10.8. The standard InChI is InChI=1S/C15H22N2O3/c1-12-4-3-8-16(9-7-12)11-15(18)13-5-2-6-14(10-13)17(19)20/h2,5-6,10,12,15,18H,3-4,7-9,11H2,1H3. The lowest BCUT2D eigenvalue weighted by atomic mass is 10.0. The average molecular weight is 278 g/mol. The van der Waals surface area contributed by atoms with Crippen LogP contribution >= 0.6 is 0 Å². The molecule has 1 saturated heterocycles. The molecule has 0 bridgehead atoms. The Hall–Kier alpha value is -1.46. The van der Waals surface area contributed by atoms with E-state index in [0.717, 1.165) is 31.8 Å². The van der Waals surface area contributed by atoms with Gasteiger partial charge in [0.05, 0.1) is 11.0 Å². The van der Waals surface area contributed by atoms with E-state index < -0.39 is 11.0 Å². The van der Waals surface area contributed by atoms with Gasteiger partial charge < -0.3 is 10.0 Å². The third-order valence-electron chi connectivity index (χ3n) is 4.01. The van der Waals surface area contributed by atoms with E-state index in [9.17, 15) is 15.2 Å². The zero-order chi connectivity index (χ0) is 14.5. The summed E-state index contributed by atoms with van der Waals surface area (Å²) < 4.78 is 0. The first kappa shape index (κ1) is 14.9. The molecule has 0 aromatic heterocycles. The highest BCUT2D eigenvalue weighted by Gasteiger charge is 2.18. The minimum atomic E-state index is -0.664. The summed E-state index contributed by atoms with van der Waals surface area (Å²) in [6, 6.07) is 6.29. The molecule has 1 fully saturated rings. The molecule has 2 rings (SSSR count). The normalized spacial score (nSPS) is 22.2. The third kappa shape index (κ3) is 4.02. The Balaban J connectivity index is 1.98. The van der Waals surface area contributed by atoms with E-state index in [-0.39, 0.29) is 5.69 Å². The molecule has 1 aromatic rings. The number of β-amino-alcohol motifs (C(OH)–C–C–N with tert-alkyl or cyclic N) is 1. The van der Waals surface area contributed by atoms with Gasteiger partial charge in [-0.15, -0.1) is 0 Å². The second-order valence-corrected chi connectivity index (χ2v) is 5.70. The van der Waals surface area contributed by atoms with Crippen LogP contribution < -0.4 is 0 Å². The van der Waals surface area contributed by atoms with E-state index in [1.807, 2.05) is 0 Å². The summed E-state index contributed by atoms with van der Waals surface area (Å²) in [4.78, 5) is 12.6. The van der Waals surface area contributed by atoms with Crippen molar-refractivity contribution in [3.05, 3.63) is 39.9 Å². The minimum Gasteiger partial charge on any atom is -0.387 e. The van der Waals surface area contributed by atoms with Gasteiger partial charge in [0.15, 0.2) is 0 Å². The molecule has 5 nitrogen and oxygen atoms in total. The Morgan fingerprint density at radius 2 is 2.25 bits per heavy atom. The summed E-state index contributed by atoms with van der Waals surface area (Å²) in [5.41, 5.74) is 0.655. The van der Waals surface area contributed by atoms with Crippen LogP contribution in [0.2, 0.25) is 0 Å². The number of non-ortho nitro benzene ring substituents is 1. The number of nitrogens with zero attached hydrogens (tertiary/aromatic N) is 2. The van der Waals surface area contributed by atoms with Crippen LogP contribution in [-0.2, 0) is 0 Å². The van der Waals surface area contributed by atoms with Crippen LogP contribution in [0.25, 0.3) is 0 Å². The molecule has 1 aromatic carbocycles. The molecule has 0 radical (unpaired) electrons. The van der Waals surface area contributed by atoms with Crippen LogP contribution in [0.1, 0.15) is 37.9 Å². The highest BCUT2D eigenvalue weighted by Crippen LogP contribution is 2.22. The van der Waals surface area contributed by atoms with Gasteiger partial charge in [-0.25, -0.2) is 0 Å². The number of benzene rings is 1. The zero-order valence-electron chi connectivity index (χ0n) is 11.9. The highest BCUT2D eigenvalue weighted by atomic mass is 16.6.